The first-order valence-corrected chi connectivity index (χ1v) is 11.4. The van der Waals surface area contributed by atoms with Crippen LogP contribution in [0.25, 0.3) is 0 Å². The fourth-order valence-corrected chi connectivity index (χ4v) is 4.91. The molecule has 0 saturated carbocycles. The number of likely N-dealkylation sites (N-methyl/N-ethyl adjacent to an activating group) is 1. The third kappa shape index (κ3) is 6.30. The highest BCUT2D eigenvalue weighted by Crippen LogP contribution is 2.25. The average Bonchev–Trinajstić information content (AvgIpc) is 2.66. The van der Waals surface area contributed by atoms with Crippen LogP contribution < -0.4 is 5.32 Å². The lowest BCUT2D eigenvalue weighted by atomic mass is 9.94. The maximum atomic E-state index is 12.7. The van der Waals surface area contributed by atoms with E-state index >= 15 is 0 Å². The molecule has 0 spiro atoms. The van der Waals surface area contributed by atoms with E-state index in [1.165, 1.54) is 0 Å². The van der Waals surface area contributed by atoms with Crippen molar-refractivity contribution >= 4 is 15.9 Å². The molecule has 1 heterocycles. The number of sulfonamides is 1. The van der Waals surface area contributed by atoms with E-state index in [2.05, 4.69) is 24.1 Å². The van der Waals surface area contributed by atoms with Crippen LogP contribution in [0.4, 0.5) is 0 Å². The summed E-state index contributed by atoms with van der Waals surface area (Å²) in [5.41, 5.74) is 1.04. The first-order valence-electron chi connectivity index (χ1n) is 9.92. The number of aryl methyl sites for hydroxylation is 1. The Hall–Kier alpha value is -1.44. The summed E-state index contributed by atoms with van der Waals surface area (Å²) in [5, 5.41) is 2.99. The van der Waals surface area contributed by atoms with Gasteiger partial charge >= 0.3 is 0 Å². The molecule has 27 heavy (non-hydrogen) atoms. The van der Waals surface area contributed by atoms with Crippen LogP contribution >= 0.6 is 0 Å². The van der Waals surface area contributed by atoms with Gasteiger partial charge in [-0.15, -0.1) is 0 Å². The fraction of sp³-hybridized carbons (Fsp3) is 0.650. The maximum Gasteiger partial charge on any atom is 0.243 e. The topological polar surface area (TPSA) is 69.7 Å². The minimum Gasteiger partial charge on any atom is -0.355 e. The zero-order valence-electron chi connectivity index (χ0n) is 16.8. The van der Waals surface area contributed by atoms with Crippen LogP contribution in [0, 0.1) is 12.8 Å². The third-order valence-electron chi connectivity index (χ3n) is 5.35. The van der Waals surface area contributed by atoms with Crippen molar-refractivity contribution in [3.05, 3.63) is 29.8 Å². The smallest absolute Gasteiger partial charge is 0.243 e. The van der Waals surface area contributed by atoms with Crippen molar-refractivity contribution in [3.8, 4) is 0 Å². The first kappa shape index (κ1) is 21.9. The molecule has 0 atom stereocenters. The van der Waals surface area contributed by atoms with Crippen molar-refractivity contribution in [3.63, 3.8) is 0 Å². The van der Waals surface area contributed by atoms with Crippen molar-refractivity contribution in [2.75, 3.05) is 39.3 Å². The van der Waals surface area contributed by atoms with E-state index in [0.717, 1.165) is 38.0 Å². The van der Waals surface area contributed by atoms with Gasteiger partial charge < -0.3 is 10.2 Å². The number of carbonyl (C=O) groups is 1. The minimum absolute atomic E-state index is 0.0713. The Labute approximate surface area is 164 Å². The molecule has 0 bridgehead atoms. The van der Waals surface area contributed by atoms with E-state index in [1.54, 1.807) is 16.4 Å². The molecule has 1 amide bonds. The van der Waals surface area contributed by atoms with Gasteiger partial charge in [-0.25, -0.2) is 8.42 Å². The molecular weight excluding hydrogens is 362 g/mol. The molecule has 2 rings (SSSR count). The SMILES string of the molecule is CCN(CC)CCNC(=O)CC1CCN(S(=O)(=O)c2ccc(C)cc2)CC1. The number of nitrogens with one attached hydrogen (secondary N) is 1. The van der Waals surface area contributed by atoms with Crippen molar-refractivity contribution in [2.45, 2.75) is 44.9 Å². The number of amides is 1. The van der Waals surface area contributed by atoms with Gasteiger partial charge in [0.2, 0.25) is 15.9 Å². The molecule has 0 unspecified atom stereocenters. The normalized spacial score (nSPS) is 16.6. The fourth-order valence-electron chi connectivity index (χ4n) is 3.44. The summed E-state index contributed by atoms with van der Waals surface area (Å²) >= 11 is 0. The second-order valence-electron chi connectivity index (χ2n) is 7.24. The van der Waals surface area contributed by atoms with Crippen molar-refractivity contribution in [1.82, 2.24) is 14.5 Å². The molecule has 1 N–H and O–H groups in total. The largest absolute Gasteiger partial charge is 0.355 e. The molecular formula is C20H33N3O3S. The van der Waals surface area contributed by atoms with E-state index in [9.17, 15) is 13.2 Å². The second-order valence-corrected chi connectivity index (χ2v) is 9.18. The Morgan fingerprint density at radius 3 is 2.30 bits per heavy atom. The number of hydrogen-bond donors (Lipinski definition) is 1. The van der Waals surface area contributed by atoms with Gasteiger partial charge in [0.05, 0.1) is 4.90 Å². The lowest BCUT2D eigenvalue weighted by Gasteiger charge is -2.31. The molecule has 1 aromatic carbocycles. The van der Waals surface area contributed by atoms with E-state index in [0.29, 0.717) is 31.0 Å². The quantitative estimate of drug-likeness (QED) is 0.696. The second kappa shape index (κ2) is 10.2. The molecule has 1 aromatic rings. The molecule has 1 saturated heterocycles. The Morgan fingerprint density at radius 2 is 1.74 bits per heavy atom. The van der Waals surface area contributed by atoms with Crippen LogP contribution in [0.5, 0.6) is 0 Å². The molecule has 6 nitrogen and oxygen atoms in total. The van der Waals surface area contributed by atoms with Gasteiger partial charge in [-0.05, 0) is 50.9 Å². The minimum atomic E-state index is -3.43. The summed E-state index contributed by atoms with van der Waals surface area (Å²) < 4.78 is 27.0. The number of carbonyl (C=O) groups excluding carboxylic acids is 1. The third-order valence-corrected chi connectivity index (χ3v) is 7.26. The summed E-state index contributed by atoms with van der Waals surface area (Å²) in [6.07, 6.45) is 1.94. The Balaban J connectivity index is 1.78. The van der Waals surface area contributed by atoms with Crippen molar-refractivity contribution in [2.24, 2.45) is 5.92 Å². The molecule has 1 aliphatic heterocycles. The van der Waals surface area contributed by atoms with E-state index < -0.39 is 10.0 Å². The Morgan fingerprint density at radius 1 is 1.15 bits per heavy atom. The van der Waals surface area contributed by atoms with Gasteiger partial charge in [0.25, 0.3) is 0 Å². The lowest BCUT2D eigenvalue weighted by molar-refractivity contribution is -0.122. The summed E-state index contributed by atoms with van der Waals surface area (Å²) in [6, 6.07) is 6.98. The predicted octanol–water partition coefficient (Wildman–Crippen LogP) is 2.24. The van der Waals surface area contributed by atoms with Crippen molar-refractivity contribution in [1.29, 1.82) is 0 Å². The Bertz CT molecular complexity index is 692. The number of piperidine rings is 1. The summed E-state index contributed by atoms with van der Waals surface area (Å²) in [4.78, 5) is 14.8. The summed E-state index contributed by atoms with van der Waals surface area (Å²) in [6.45, 7) is 10.6. The van der Waals surface area contributed by atoms with E-state index in [1.807, 2.05) is 19.1 Å². The maximum absolute atomic E-state index is 12.7. The summed E-state index contributed by atoms with van der Waals surface area (Å²) in [7, 11) is -3.43. The van der Waals surface area contributed by atoms with Gasteiger partial charge in [-0.3, -0.25) is 4.79 Å². The number of rotatable bonds is 9. The highest BCUT2D eigenvalue weighted by molar-refractivity contribution is 7.89. The number of nitrogens with zero attached hydrogens (tertiary/aromatic N) is 2. The number of hydrogen-bond acceptors (Lipinski definition) is 4. The van der Waals surface area contributed by atoms with Crippen LogP contribution in [0.2, 0.25) is 0 Å². The van der Waals surface area contributed by atoms with E-state index in [4.69, 9.17) is 0 Å². The van der Waals surface area contributed by atoms with Gasteiger partial charge in [0.1, 0.15) is 0 Å². The molecule has 0 aliphatic carbocycles. The van der Waals surface area contributed by atoms with Crippen LogP contribution in [0.1, 0.15) is 38.7 Å². The average molecular weight is 396 g/mol. The van der Waals surface area contributed by atoms with Crippen LogP contribution in [-0.4, -0.2) is 62.8 Å². The summed E-state index contributed by atoms with van der Waals surface area (Å²) in [5.74, 6) is 0.324. The van der Waals surface area contributed by atoms with Gasteiger partial charge in [-0.1, -0.05) is 31.5 Å². The highest BCUT2D eigenvalue weighted by atomic mass is 32.2. The van der Waals surface area contributed by atoms with Crippen LogP contribution in [-0.2, 0) is 14.8 Å². The molecule has 152 valence electrons. The Kier molecular flexibility index (Phi) is 8.26. The molecule has 0 radical (unpaired) electrons. The van der Waals surface area contributed by atoms with Gasteiger partial charge in [-0.2, -0.15) is 4.31 Å². The highest BCUT2D eigenvalue weighted by Gasteiger charge is 2.30. The lowest BCUT2D eigenvalue weighted by Crippen LogP contribution is -2.40. The van der Waals surface area contributed by atoms with Crippen LogP contribution in [0.15, 0.2) is 29.2 Å². The molecule has 0 aromatic heterocycles. The van der Waals surface area contributed by atoms with Crippen molar-refractivity contribution < 1.29 is 13.2 Å². The molecule has 7 heteroatoms. The standard InChI is InChI=1S/C20H33N3O3S/c1-4-22(5-2)15-12-21-20(24)16-18-10-13-23(14-11-18)27(25,26)19-8-6-17(3)7-9-19/h6-9,18H,4-5,10-16H2,1-3H3,(H,21,24). The zero-order valence-corrected chi connectivity index (χ0v) is 17.6. The predicted molar refractivity (Wildman–Crippen MR) is 108 cm³/mol. The monoisotopic (exact) mass is 395 g/mol. The van der Waals surface area contributed by atoms with Gasteiger partial charge in [0.15, 0.2) is 0 Å². The first-order chi connectivity index (χ1) is 12.9. The van der Waals surface area contributed by atoms with Gasteiger partial charge in [0, 0.05) is 32.6 Å². The molecule has 1 fully saturated rings. The molecule has 1 aliphatic rings. The van der Waals surface area contributed by atoms with E-state index in [-0.39, 0.29) is 11.8 Å². The zero-order chi connectivity index (χ0) is 19.9. The number of benzene rings is 1. The van der Waals surface area contributed by atoms with Crippen LogP contribution in [0.3, 0.4) is 0 Å².